The van der Waals surface area contributed by atoms with Gasteiger partial charge in [0.05, 0.1) is 0 Å². The molecule has 2 heterocycles. The van der Waals surface area contributed by atoms with Crippen LogP contribution in [0.4, 0.5) is 11.4 Å². The third-order valence-corrected chi connectivity index (χ3v) is 15.4. The van der Waals surface area contributed by atoms with Crippen molar-refractivity contribution in [2.75, 3.05) is 22.9 Å². The van der Waals surface area contributed by atoms with Crippen molar-refractivity contribution in [3.8, 4) is 0 Å². The molecule has 0 N–H and O–H groups in total. The molecule has 0 aromatic heterocycles. The molecule has 1 atom stereocenters. The Morgan fingerprint density at radius 3 is 2.08 bits per heavy atom. The summed E-state index contributed by atoms with van der Waals surface area (Å²) in [6, 6.07) is 21.6. The number of para-hydroxylation sites is 2. The van der Waals surface area contributed by atoms with Crippen molar-refractivity contribution in [1.82, 2.24) is 0 Å². The topological polar surface area (TPSA) is 6.48 Å². The molecule has 1 unspecified atom stereocenters. The Morgan fingerprint density at radius 1 is 0.811 bits per heavy atom. The van der Waals surface area contributed by atoms with E-state index in [0.29, 0.717) is 36.0 Å². The largest absolute Gasteiger partial charge is 0.107 e. The van der Waals surface area contributed by atoms with E-state index in [1.807, 2.05) is 0 Å². The van der Waals surface area contributed by atoms with Crippen LogP contribution < -0.4 is 18.7 Å². The fraction of sp³-hybridized carbons (Fsp3) is 0.467. The van der Waals surface area contributed by atoms with E-state index >= 15 is 0 Å². The van der Waals surface area contributed by atoms with E-state index < -0.39 is 16.1 Å². The molecule has 2 aromatic rings. The van der Waals surface area contributed by atoms with Gasteiger partial charge in [0.25, 0.3) is 0 Å². The minimum atomic E-state index is -1.01. The first-order valence-electron chi connectivity index (χ1n) is 13.5. The van der Waals surface area contributed by atoms with Crippen LogP contribution in [0.2, 0.25) is 56.7 Å². The van der Waals surface area contributed by atoms with Gasteiger partial charge in [-0.1, -0.05) is 0 Å². The minimum Gasteiger partial charge on any atom is -0.107 e. The molecule has 0 bridgehead atoms. The molecule has 0 spiro atoms. The van der Waals surface area contributed by atoms with Gasteiger partial charge in [-0.05, 0) is 0 Å². The molecular formula is C30H45IN2Se2Si2. The zero-order valence-corrected chi connectivity index (χ0v) is 31.3. The number of benzene rings is 2. The van der Waals surface area contributed by atoms with Crippen molar-refractivity contribution in [2.24, 2.45) is 0 Å². The van der Waals surface area contributed by atoms with Crippen LogP contribution in [0.1, 0.15) is 12.8 Å². The molecule has 2 aliphatic rings. The maximum absolute atomic E-state index is 2.72. The molecule has 7 heteroatoms. The number of hydrogen-bond acceptors (Lipinski definition) is 2. The molecule has 2 nitrogen and oxygen atoms in total. The van der Waals surface area contributed by atoms with Crippen molar-refractivity contribution >= 4 is 90.3 Å². The van der Waals surface area contributed by atoms with Gasteiger partial charge in [0.2, 0.25) is 0 Å². The summed E-state index contributed by atoms with van der Waals surface area (Å²) in [7, 11) is -2.02. The maximum Gasteiger partial charge on any atom is -0.107 e. The predicted octanol–water partition coefficient (Wildman–Crippen LogP) is 6.94. The van der Waals surface area contributed by atoms with Crippen molar-refractivity contribution in [2.45, 2.75) is 75.6 Å². The zero-order chi connectivity index (χ0) is 25.8. The first-order valence-corrected chi connectivity index (χ1v) is 24.7. The minimum absolute atomic E-state index is 0. The third-order valence-electron chi connectivity index (χ3n) is 6.83. The van der Waals surface area contributed by atoms with Gasteiger partial charge < -0.3 is 0 Å². The summed E-state index contributed by atoms with van der Waals surface area (Å²) in [5.41, 5.74) is 2.95. The number of fused-ring (bicyclic) bond motifs is 2. The quantitative estimate of drug-likeness (QED) is 0.191. The molecule has 0 amide bonds. The Balaban J connectivity index is 0.00000380. The summed E-state index contributed by atoms with van der Waals surface area (Å²) in [4.78, 5) is 5.35. The smallest absolute Gasteiger partial charge is 0.107 e. The number of halogens is 1. The molecule has 0 fully saturated rings. The Morgan fingerprint density at radius 2 is 1.41 bits per heavy atom. The summed E-state index contributed by atoms with van der Waals surface area (Å²) in [5.74, 6) is 0. The van der Waals surface area contributed by atoms with Crippen LogP contribution in [0.15, 0.2) is 71.4 Å². The van der Waals surface area contributed by atoms with Gasteiger partial charge >= 0.3 is 236 Å². The van der Waals surface area contributed by atoms with E-state index in [9.17, 15) is 0 Å². The molecule has 2 aromatic carbocycles. The second-order valence-corrected chi connectivity index (χ2v) is 28.2. The number of allylic oxidation sites excluding steroid dienone is 2. The second-order valence-electron chi connectivity index (χ2n) is 12.5. The Kier molecular flexibility index (Phi) is 11.7. The second kappa shape index (κ2) is 13.9. The molecule has 0 saturated carbocycles. The van der Waals surface area contributed by atoms with Gasteiger partial charge in [-0.2, -0.15) is 0 Å². The maximum atomic E-state index is 2.72. The SMILES string of the molecule is C[Si](C)(C)CCCN1C(=CC=CC2C[Se]c3ccccc3N2CCC[Si](C)(C)C)[Se]c2ccccc21.I. The fourth-order valence-corrected chi connectivity index (χ4v) is 12.1. The molecule has 202 valence electrons. The van der Waals surface area contributed by atoms with Crippen LogP contribution in [-0.4, -0.2) is 65.2 Å². The summed E-state index contributed by atoms with van der Waals surface area (Å²) in [5, 5.41) is 1.28. The number of anilines is 2. The monoisotopic (exact) mass is 776 g/mol. The van der Waals surface area contributed by atoms with Gasteiger partial charge in [0, 0.05) is 0 Å². The van der Waals surface area contributed by atoms with Crippen LogP contribution >= 0.6 is 24.0 Å². The molecule has 0 saturated heterocycles. The van der Waals surface area contributed by atoms with Crippen molar-refractivity contribution < 1.29 is 0 Å². The fourth-order valence-electron chi connectivity index (χ4n) is 4.93. The van der Waals surface area contributed by atoms with E-state index in [0.717, 1.165) is 6.54 Å². The normalized spacial score (nSPS) is 18.8. The summed E-state index contributed by atoms with van der Waals surface area (Å²) in [6.07, 6.45) is 9.97. The van der Waals surface area contributed by atoms with Gasteiger partial charge in [0.1, 0.15) is 0 Å². The van der Waals surface area contributed by atoms with Gasteiger partial charge in [0.15, 0.2) is 0 Å². The van der Waals surface area contributed by atoms with Crippen LogP contribution in [0.3, 0.4) is 0 Å². The average Bonchev–Trinajstić information content (AvgIpc) is 3.16. The zero-order valence-electron chi connectivity index (χ0n) is 23.5. The van der Waals surface area contributed by atoms with Crippen molar-refractivity contribution in [1.29, 1.82) is 0 Å². The Labute approximate surface area is 258 Å². The number of hydrogen-bond donors (Lipinski definition) is 0. The van der Waals surface area contributed by atoms with E-state index in [1.165, 1.54) is 52.8 Å². The molecule has 37 heavy (non-hydrogen) atoms. The summed E-state index contributed by atoms with van der Waals surface area (Å²) in [6.45, 7) is 17.3. The van der Waals surface area contributed by atoms with Crippen molar-refractivity contribution in [3.05, 3.63) is 71.4 Å². The van der Waals surface area contributed by atoms with E-state index in [4.69, 9.17) is 0 Å². The average molecular weight is 775 g/mol. The number of rotatable bonds is 10. The van der Waals surface area contributed by atoms with Gasteiger partial charge in [-0.15, -0.1) is 24.0 Å². The van der Waals surface area contributed by atoms with Gasteiger partial charge in [-0.25, -0.2) is 0 Å². The summed E-state index contributed by atoms with van der Waals surface area (Å²) >= 11 is 0.963. The van der Waals surface area contributed by atoms with Gasteiger partial charge in [-0.3, -0.25) is 0 Å². The molecule has 0 aliphatic carbocycles. The molecule has 2 aliphatic heterocycles. The Hall–Kier alpha value is -0.277. The van der Waals surface area contributed by atoms with Crippen LogP contribution in [0, 0.1) is 0 Å². The van der Waals surface area contributed by atoms with E-state index in [2.05, 4.69) is 116 Å². The van der Waals surface area contributed by atoms with Crippen LogP contribution in [0.5, 0.6) is 0 Å². The predicted molar refractivity (Wildman–Crippen MR) is 185 cm³/mol. The first kappa shape index (κ1) is 31.3. The Bertz CT molecular complexity index is 1090. The van der Waals surface area contributed by atoms with E-state index in [1.54, 1.807) is 8.92 Å². The van der Waals surface area contributed by atoms with Crippen LogP contribution in [0.25, 0.3) is 0 Å². The standard InChI is InChI=1S/C30H44N2Se2Si2.HI/c1-35(2,3)22-12-20-31-25(24-33-28-17-9-7-15-26(28)31)14-11-19-30-32(21-13-23-36(4,5)6)27-16-8-10-18-29(27)34-30;/h7-11,14-19,25H,12-13,20-24H2,1-6H3;1H. The first-order chi connectivity index (χ1) is 17.1. The third kappa shape index (κ3) is 9.13. The molecule has 4 rings (SSSR count). The van der Waals surface area contributed by atoms with E-state index in [-0.39, 0.29) is 24.0 Å². The molecule has 0 radical (unpaired) electrons. The molecular weight excluding hydrogens is 729 g/mol. The number of nitrogens with zero attached hydrogens (tertiary/aromatic N) is 2. The van der Waals surface area contributed by atoms with Crippen LogP contribution in [-0.2, 0) is 0 Å². The summed E-state index contributed by atoms with van der Waals surface area (Å²) < 4.78 is 4.66. The van der Waals surface area contributed by atoms with Crippen molar-refractivity contribution in [3.63, 3.8) is 0 Å².